The van der Waals surface area contributed by atoms with E-state index in [0.29, 0.717) is 5.92 Å². The van der Waals surface area contributed by atoms with E-state index in [2.05, 4.69) is 36.2 Å². The molecular weight excluding hydrogens is 228 g/mol. The number of nitrogens with one attached hydrogen (secondary N) is 1. The summed E-state index contributed by atoms with van der Waals surface area (Å²) < 4.78 is 7.50. The lowest BCUT2D eigenvalue weighted by molar-refractivity contribution is 0.0668. The van der Waals surface area contributed by atoms with Gasteiger partial charge in [0, 0.05) is 26.1 Å². The molecule has 1 N–H and O–H groups in total. The summed E-state index contributed by atoms with van der Waals surface area (Å²) in [6, 6.07) is 0.273. The number of hydrogen-bond acceptors (Lipinski definition) is 4. The standard InChI is InChI=1S/C13H26N4O/c1-6-12(18-5)11(14-4)7-13-15-9-16-17(13)8-10(2)3/h9-12,14H,6-8H2,1-5H3. The predicted octanol–water partition coefficient (Wildman–Crippen LogP) is 1.49. The third-order valence-electron chi connectivity index (χ3n) is 3.16. The number of rotatable bonds is 8. The third-order valence-corrected chi connectivity index (χ3v) is 3.16. The van der Waals surface area contributed by atoms with Crippen LogP contribution in [0.15, 0.2) is 6.33 Å². The maximum absolute atomic E-state index is 5.50. The summed E-state index contributed by atoms with van der Waals surface area (Å²) in [5, 5.41) is 7.61. The molecule has 5 heteroatoms. The molecule has 1 aromatic rings. The first kappa shape index (κ1) is 15.1. The van der Waals surface area contributed by atoms with Crippen LogP contribution < -0.4 is 5.32 Å². The van der Waals surface area contributed by atoms with Gasteiger partial charge in [-0.25, -0.2) is 9.67 Å². The molecule has 0 saturated heterocycles. The van der Waals surface area contributed by atoms with Crippen molar-refractivity contribution < 1.29 is 4.74 Å². The van der Waals surface area contributed by atoms with Crippen molar-refractivity contribution in [3.63, 3.8) is 0 Å². The van der Waals surface area contributed by atoms with E-state index >= 15 is 0 Å². The van der Waals surface area contributed by atoms with Crippen molar-refractivity contribution in [3.8, 4) is 0 Å². The van der Waals surface area contributed by atoms with E-state index in [9.17, 15) is 0 Å². The molecule has 0 aliphatic rings. The van der Waals surface area contributed by atoms with Crippen molar-refractivity contribution in [2.24, 2.45) is 5.92 Å². The van der Waals surface area contributed by atoms with E-state index in [0.717, 1.165) is 25.2 Å². The highest BCUT2D eigenvalue weighted by Gasteiger charge is 2.20. The minimum Gasteiger partial charge on any atom is -0.380 e. The third kappa shape index (κ3) is 4.07. The molecule has 0 spiro atoms. The van der Waals surface area contributed by atoms with Crippen LogP contribution in [0.3, 0.4) is 0 Å². The minimum absolute atomic E-state index is 0.208. The van der Waals surface area contributed by atoms with Crippen LogP contribution in [0, 0.1) is 5.92 Å². The zero-order chi connectivity index (χ0) is 13.5. The summed E-state index contributed by atoms with van der Waals surface area (Å²) in [7, 11) is 3.73. The molecule has 0 fully saturated rings. The SMILES string of the molecule is CCC(OC)C(Cc1ncnn1CC(C)C)NC. The van der Waals surface area contributed by atoms with Crippen LogP contribution in [0.4, 0.5) is 0 Å². The molecule has 2 atom stereocenters. The van der Waals surface area contributed by atoms with Crippen LogP contribution in [0.2, 0.25) is 0 Å². The lowest BCUT2D eigenvalue weighted by Crippen LogP contribution is -2.41. The zero-order valence-electron chi connectivity index (χ0n) is 12.2. The number of likely N-dealkylation sites (N-methyl/N-ethyl adjacent to an activating group) is 1. The quantitative estimate of drug-likeness (QED) is 0.763. The van der Waals surface area contributed by atoms with Gasteiger partial charge in [-0.2, -0.15) is 5.10 Å². The first-order valence-electron chi connectivity index (χ1n) is 6.69. The topological polar surface area (TPSA) is 52.0 Å². The molecule has 2 unspecified atom stereocenters. The molecule has 0 bridgehead atoms. The number of aromatic nitrogens is 3. The Morgan fingerprint density at radius 1 is 1.44 bits per heavy atom. The summed E-state index contributed by atoms with van der Waals surface area (Å²) in [6.07, 6.45) is 3.67. The number of nitrogens with zero attached hydrogens (tertiary/aromatic N) is 3. The summed E-state index contributed by atoms with van der Waals surface area (Å²) in [4.78, 5) is 4.36. The van der Waals surface area contributed by atoms with Gasteiger partial charge in [0.2, 0.25) is 0 Å². The fourth-order valence-corrected chi connectivity index (χ4v) is 2.18. The Bertz CT molecular complexity index is 333. The predicted molar refractivity (Wildman–Crippen MR) is 72.5 cm³/mol. The summed E-state index contributed by atoms with van der Waals surface area (Å²) in [5.41, 5.74) is 0. The van der Waals surface area contributed by atoms with Gasteiger partial charge in [0.15, 0.2) is 0 Å². The first-order valence-corrected chi connectivity index (χ1v) is 6.69. The van der Waals surface area contributed by atoms with Crippen molar-refractivity contribution in [3.05, 3.63) is 12.2 Å². The first-order chi connectivity index (χ1) is 8.62. The second kappa shape index (κ2) is 7.48. The normalized spacial score (nSPS) is 15.0. The van der Waals surface area contributed by atoms with Crippen LogP contribution in [0.5, 0.6) is 0 Å². The Kier molecular flexibility index (Phi) is 6.29. The Morgan fingerprint density at radius 3 is 2.67 bits per heavy atom. The van der Waals surface area contributed by atoms with E-state index in [-0.39, 0.29) is 12.1 Å². The number of methoxy groups -OCH3 is 1. The van der Waals surface area contributed by atoms with Crippen LogP contribution in [0.1, 0.15) is 33.0 Å². The molecule has 0 saturated carbocycles. The molecule has 0 aromatic carbocycles. The van der Waals surface area contributed by atoms with E-state index in [1.807, 2.05) is 11.7 Å². The van der Waals surface area contributed by atoms with Gasteiger partial charge >= 0.3 is 0 Å². The monoisotopic (exact) mass is 254 g/mol. The van der Waals surface area contributed by atoms with E-state index in [1.165, 1.54) is 0 Å². The number of ether oxygens (including phenoxy) is 1. The van der Waals surface area contributed by atoms with Gasteiger partial charge in [-0.3, -0.25) is 0 Å². The van der Waals surface area contributed by atoms with Gasteiger partial charge in [-0.05, 0) is 19.4 Å². The van der Waals surface area contributed by atoms with Crippen molar-refractivity contribution >= 4 is 0 Å². The molecule has 18 heavy (non-hydrogen) atoms. The summed E-state index contributed by atoms with van der Waals surface area (Å²) in [6.45, 7) is 7.42. The molecular formula is C13H26N4O. The molecule has 0 aliphatic heterocycles. The lowest BCUT2D eigenvalue weighted by atomic mass is 10.0. The van der Waals surface area contributed by atoms with Gasteiger partial charge in [-0.1, -0.05) is 20.8 Å². The van der Waals surface area contributed by atoms with E-state index in [1.54, 1.807) is 13.4 Å². The van der Waals surface area contributed by atoms with Gasteiger partial charge in [-0.15, -0.1) is 0 Å². The Hall–Kier alpha value is -0.940. The zero-order valence-corrected chi connectivity index (χ0v) is 12.2. The van der Waals surface area contributed by atoms with E-state index < -0.39 is 0 Å². The van der Waals surface area contributed by atoms with Crippen LogP contribution >= 0.6 is 0 Å². The van der Waals surface area contributed by atoms with Crippen LogP contribution in [0.25, 0.3) is 0 Å². The minimum atomic E-state index is 0.208. The molecule has 0 radical (unpaired) electrons. The molecule has 0 aliphatic carbocycles. The Morgan fingerprint density at radius 2 is 2.17 bits per heavy atom. The van der Waals surface area contributed by atoms with Crippen molar-refractivity contribution in [2.45, 2.75) is 52.3 Å². The molecule has 1 rings (SSSR count). The molecule has 5 nitrogen and oxygen atoms in total. The smallest absolute Gasteiger partial charge is 0.138 e. The lowest BCUT2D eigenvalue weighted by Gasteiger charge is -2.24. The largest absolute Gasteiger partial charge is 0.380 e. The highest BCUT2D eigenvalue weighted by molar-refractivity contribution is 4.92. The summed E-state index contributed by atoms with van der Waals surface area (Å²) in [5.74, 6) is 1.60. The maximum atomic E-state index is 5.50. The van der Waals surface area contributed by atoms with Crippen LogP contribution in [-0.4, -0.2) is 41.1 Å². The molecule has 104 valence electrons. The highest BCUT2D eigenvalue weighted by atomic mass is 16.5. The van der Waals surface area contributed by atoms with Gasteiger partial charge < -0.3 is 10.1 Å². The second-order valence-electron chi connectivity index (χ2n) is 5.03. The fourth-order valence-electron chi connectivity index (χ4n) is 2.18. The number of hydrogen-bond donors (Lipinski definition) is 1. The van der Waals surface area contributed by atoms with Gasteiger partial charge in [0.25, 0.3) is 0 Å². The van der Waals surface area contributed by atoms with Crippen LogP contribution in [-0.2, 0) is 17.7 Å². The second-order valence-corrected chi connectivity index (χ2v) is 5.03. The van der Waals surface area contributed by atoms with E-state index in [4.69, 9.17) is 4.74 Å². The maximum Gasteiger partial charge on any atom is 0.138 e. The molecule has 0 amide bonds. The molecule has 1 heterocycles. The molecule has 1 aromatic heterocycles. The average Bonchev–Trinajstić information content (AvgIpc) is 2.75. The van der Waals surface area contributed by atoms with Gasteiger partial charge in [0.05, 0.1) is 6.10 Å². The highest BCUT2D eigenvalue weighted by Crippen LogP contribution is 2.10. The Balaban J connectivity index is 2.72. The van der Waals surface area contributed by atoms with Gasteiger partial charge in [0.1, 0.15) is 12.2 Å². The van der Waals surface area contributed by atoms with Crippen molar-refractivity contribution in [2.75, 3.05) is 14.2 Å². The average molecular weight is 254 g/mol. The van der Waals surface area contributed by atoms with Crippen molar-refractivity contribution in [1.82, 2.24) is 20.1 Å². The van der Waals surface area contributed by atoms with Crippen molar-refractivity contribution in [1.29, 1.82) is 0 Å². The fraction of sp³-hybridized carbons (Fsp3) is 0.846. The summed E-state index contributed by atoms with van der Waals surface area (Å²) >= 11 is 0. The Labute approximate surface area is 110 Å².